The molecule has 2 N–H and O–H groups in total. The van der Waals surface area contributed by atoms with Crippen molar-refractivity contribution in [2.45, 2.75) is 64.5 Å². The molecule has 40 heavy (non-hydrogen) atoms. The normalized spacial score (nSPS) is 17.5. The molecule has 0 amide bonds. The van der Waals surface area contributed by atoms with Gasteiger partial charge in [0.15, 0.2) is 0 Å². The zero-order chi connectivity index (χ0) is 30.2. The van der Waals surface area contributed by atoms with Crippen molar-refractivity contribution in [3.05, 3.63) is 74.1 Å². The summed E-state index contributed by atoms with van der Waals surface area (Å²) in [5.74, 6) is -0.995. The van der Waals surface area contributed by atoms with E-state index in [4.69, 9.17) is 4.74 Å². The predicted octanol–water partition coefficient (Wildman–Crippen LogP) is 7.46. The Kier molecular flexibility index (Phi) is 8.90. The second-order valence-corrected chi connectivity index (χ2v) is 10.6. The molecule has 0 saturated heterocycles. The lowest BCUT2D eigenvalue weighted by Crippen LogP contribution is -2.35. The number of nitrogens with zero attached hydrogens (tertiary/aromatic N) is 1. The first kappa shape index (κ1) is 31.3. The molecule has 0 spiro atoms. The number of ether oxygens (including phenoxy) is 1. The number of allylic oxidation sites excluding steroid dienone is 1. The molecule has 0 unspecified atom stereocenters. The Hall–Kier alpha value is -3.19. The van der Waals surface area contributed by atoms with Gasteiger partial charge in [0.1, 0.15) is 5.75 Å². The molecule has 0 aromatic heterocycles. The van der Waals surface area contributed by atoms with Crippen molar-refractivity contribution in [1.29, 1.82) is 0 Å². The van der Waals surface area contributed by atoms with Gasteiger partial charge < -0.3 is 15.2 Å². The van der Waals surface area contributed by atoms with Gasteiger partial charge in [-0.3, -0.25) is 10.1 Å². The third-order valence-electron chi connectivity index (χ3n) is 7.02. The van der Waals surface area contributed by atoms with Crippen molar-refractivity contribution in [1.82, 2.24) is 5.32 Å². The van der Waals surface area contributed by atoms with Crippen LogP contribution in [0, 0.1) is 21.3 Å². The van der Waals surface area contributed by atoms with E-state index >= 15 is 0 Å². The van der Waals surface area contributed by atoms with Crippen LogP contribution in [0.3, 0.4) is 0 Å². The number of halogens is 7. The van der Waals surface area contributed by atoms with Gasteiger partial charge in [-0.1, -0.05) is 19.4 Å². The number of aliphatic hydroxyl groups excluding tert-OH is 1. The van der Waals surface area contributed by atoms with E-state index < -0.39 is 57.6 Å². The minimum Gasteiger partial charge on any atom is -0.496 e. The minimum atomic E-state index is -5.06. The standard InChI is InChI=1S/C27H29F7N2O4/c1-14(24(37)15-7-17(26(29,30)31)9-18(8-15)27(32,33)34)35-13-16-12-25(2,3)6-5-19(16)20-10-22(36(38)39)21(28)11-23(20)40-4/h7-11,14,24,35,37H,5-6,12-13H2,1-4H3/t14-,24-/m0/s1. The summed E-state index contributed by atoms with van der Waals surface area (Å²) in [6.07, 6.45) is -10.2. The highest BCUT2D eigenvalue weighted by molar-refractivity contribution is 5.76. The highest BCUT2D eigenvalue weighted by Gasteiger charge is 2.38. The average molecular weight is 579 g/mol. The number of hydrogen-bond donors (Lipinski definition) is 2. The number of benzene rings is 2. The zero-order valence-electron chi connectivity index (χ0n) is 22.1. The molecule has 0 saturated carbocycles. The number of nitro groups is 1. The Balaban J connectivity index is 1.97. The highest BCUT2D eigenvalue weighted by atomic mass is 19.4. The van der Waals surface area contributed by atoms with Gasteiger partial charge in [0.25, 0.3) is 0 Å². The number of rotatable bonds is 8. The molecule has 2 atom stereocenters. The summed E-state index contributed by atoms with van der Waals surface area (Å²) in [7, 11) is 1.29. The lowest BCUT2D eigenvalue weighted by Gasteiger charge is -2.35. The summed E-state index contributed by atoms with van der Waals surface area (Å²) >= 11 is 0. The van der Waals surface area contributed by atoms with Crippen LogP contribution >= 0.6 is 0 Å². The van der Waals surface area contributed by atoms with E-state index in [9.17, 15) is 46.0 Å². The molecule has 0 bridgehead atoms. The predicted molar refractivity (Wildman–Crippen MR) is 133 cm³/mol. The Bertz CT molecular complexity index is 1270. The summed E-state index contributed by atoms with van der Waals surface area (Å²) in [5.41, 5.74) is -2.89. The van der Waals surface area contributed by atoms with Crippen LogP contribution in [0.1, 0.15) is 68.4 Å². The highest BCUT2D eigenvalue weighted by Crippen LogP contribution is 2.45. The quantitative estimate of drug-likeness (QED) is 0.193. The van der Waals surface area contributed by atoms with Crippen LogP contribution in [0.5, 0.6) is 5.75 Å². The van der Waals surface area contributed by atoms with E-state index in [-0.39, 0.29) is 23.8 Å². The molecule has 2 aromatic carbocycles. The van der Waals surface area contributed by atoms with E-state index in [1.807, 2.05) is 13.8 Å². The summed E-state index contributed by atoms with van der Waals surface area (Å²) < 4.78 is 99.2. The minimum absolute atomic E-state index is 0.00914. The smallest absolute Gasteiger partial charge is 0.416 e. The van der Waals surface area contributed by atoms with E-state index in [0.717, 1.165) is 17.7 Å². The molecular formula is C27H29F7N2O4. The zero-order valence-corrected chi connectivity index (χ0v) is 22.1. The van der Waals surface area contributed by atoms with Gasteiger partial charge in [0.05, 0.1) is 29.3 Å². The fourth-order valence-corrected chi connectivity index (χ4v) is 4.83. The summed E-state index contributed by atoms with van der Waals surface area (Å²) in [4.78, 5) is 10.5. The second-order valence-electron chi connectivity index (χ2n) is 10.6. The van der Waals surface area contributed by atoms with E-state index in [0.29, 0.717) is 42.5 Å². The van der Waals surface area contributed by atoms with Gasteiger partial charge >= 0.3 is 18.0 Å². The Morgan fingerprint density at radius 3 is 2.15 bits per heavy atom. The third-order valence-corrected chi connectivity index (χ3v) is 7.02. The van der Waals surface area contributed by atoms with Crippen LogP contribution in [0.25, 0.3) is 5.57 Å². The largest absolute Gasteiger partial charge is 0.496 e. The summed E-state index contributed by atoms with van der Waals surface area (Å²) in [5, 5.41) is 25.1. The molecule has 1 aliphatic rings. The maximum absolute atomic E-state index is 14.2. The van der Waals surface area contributed by atoms with Gasteiger partial charge in [-0.05, 0) is 60.9 Å². The van der Waals surface area contributed by atoms with Crippen molar-refractivity contribution in [2.24, 2.45) is 5.41 Å². The monoisotopic (exact) mass is 578 g/mol. The fourth-order valence-electron chi connectivity index (χ4n) is 4.83. The van der Waals surface area contributed by atoms with E-state index in [1.165, 1.54) is 14.0 Å². The number of alkyl halides is 6. The first-order valence-electron chi connectivity index (χ1n) is 12.3. The van der Waals surface area contributed by atoms with Gasteiger partial charge in [-0.15, -0.1) is 0 Å². The molecule has 0 heterocycles. The van der Waals surface area contributed by atoms with Crippen molar-refractivity contribution in [2.75, 3.05) is 13.7 Å². The molecule has 0 radical (unpaired) electrons. The maximum Gasteiger partial charge on any atom is 0.416 e. The van der Waals surface area contributed by atoms with Crippen LogP contribution in [0.4, 0.5) is 36.4 Å². The molecule has 13 heteroatoms. The van der Waals surface area contributed by atoms with E-state index in [2.05, 4.69) is 5.32 Å². The van der Waals surface area contributed by atoms with Crippen molar-refractivity contribution < 1.29 is 45.5 Å². The molecule has 1 aliphatic carbocycles. The molecular weight excluding hydrogens is 549 g/mol. The number of aliphatic hydroxyl groups is 1. The first-order valence-corrected chi connectivity index (χ1v) is 12.3. The van der Waals surface area contributed by atoms with Gasteiger partial charge in [0.2, 0.25) is 5.82 Å². The second kappa shape index (κ2) is 11.4. The molecule has 0 fully saturated rings. The molecule has 3 rings (SSSR count). The third kappa shape index (κ3) is 7.11. The first-order chi connectivity index (χ1) is 18.3. The van der Waals surface area contributed by atoms with Crippen molar-refractivity contribution >= 4 is 11.3 Å². The topological polar surface area (TPSA) is 84.6 Å². The summed E-state index contributed by atoms with van der Waals surface area (Å²) in [6, 6.07) is 1.97. The maximum atomic E-state index is 14.2. The van der Waals surface area contributed by atoms with Gasteiger partial charge in [-0.2, -0.15) is 30.7 Å². The van der Waals surface area contributed by atoms with Crippen molar-refractivity contribution in [3.8, 4) is 5.75 Å². The van der Waals surface area contributed by atoms with Gasteiger partial charge in [-0.25, -0.2) is 0 Å². The average Bonchev–Trinajstić information content (AvgIpc) is 2.84. The van der Waals surface area contributed by atoms with E-state index in [1.54, 1.807) is 0 Å². The van der Waals surface area contributed by atoms with Crippen LogP contribution in [0.15, 0.2) is 35.9 Å². The fraction of sp³-hybridized carbons (Fsp3) is 0.481. The molecule has 6 nitrogen and oxygen atoms in total. The van der Waals surface area contributed by atoms with Crippen LogP contribution in [-0.2, 0) is 12.4 Å². The van der Waals surface area contributed by atoms with Crippen molar-refractivity contribution in [3.63, 3.8) is 0 Å². The molecule has 220 valence electrons. The van der Waals surface area contributed by atoms with Crippen LogP contribution < -0.4 is 10.1 Å². The summed E-state index contributed by atoms with van der Waals surface area (Å²) in [6.45, 7) is 5.45. The SMILES string of the molecule is COc1cc(F)c([N+](=O)[O-])cc1C1=C(CN[C@@H](C)[C@H](O)c2cc(C(F)(F)F)cc(C(F)(F)F)c2)CC(C)(C)CC1. The Labute approximate surface area is 226 Å². The molecule has 0 aliphatic heterocycles. The Morgan fingerprint density at radius 2 is 1.65 bits per heavy atom. The lowest BCUT2D eigenvalue weighted by molar-refractivity contribution is -0.387. The number of methoxy groups -OCH3 is 1. The number of nitrogens with one attached hydrogen (secondary N) is 1. The van der Waals surface area contributed by atoms with Crippen LogP contribution in [-0.4, -0.2) is 29.7 Å². The van der Waals surface area contributed by atoms with Crippen LogP contribution in [0.2, 0.25) is 0 Å². The molecule has 2 aromatic rings. The Morgan fingerprint density at radius 1 is 1.07 bits per heavy atom. The number of hydrogen-bond acceptors (Lipinski definition) is 5. The lowest BCUT2D eigenvalue weighted by atomic mass is 9.72. The number of nitro benzene ring substituents is 1. The van der Waals surface area contributed by atoms with Gasteiger partial charge in [0, 0.05) is 30.3 Å².